The first-order chi connectivity index (χ1) is 19.2. The smallest absolute Gasteiger partial charge is 0.418 e. The van der Waals surface area contributed by atoms with Gasteiger partial charge < -0.3 is 23.9 Å². The number of methoxy groups -OCH3 is 2. The summed E-state index contributed by atoms with van der Waals surface area (Å²) in [5, 5.41) is 2.23. The molecule has 3 aromatic carbocycles. The zero-order valence-corrected chi connectivity index (χ0v) is 22.4. The van der Waals surface area contributed by atoms with Crippen LogP contribution in [0.15, 0.2) is 71.6 Å². The van der Waals surface area contributed by atoms with E-state index < -0.39 is 56.0 Å². The summed E-state index contributed by atoms with van der Waals surface area (Å²) < 4.78 is 120. The van der Waals surface area contributed by atoms with E-state index in [1.54, 1.807) is 0 Å². The molecule has 41 heavy (non-hydrogen) atoms. The van der Waals surface area contributed by atoms with E-state index >= 15 is 0 Å². The molecule has 1 N–H and O–H groups in total. The van der Waals surface area contributed by atoms with Crippen molar-refractivity contribution >= 4 is 21.8 Å². The number of amides is 2. The van der Waals surface area contributed by atoms with E-state index in [0.29, 0.717) is 12.1 Å². The number of hydrogen-bond acceptors (Lipinski definition) is 6. The molecule has 0 fully saturated rings. The number of carbonyl (C=O) groups excluding carboxylic acids is 1. The third-order valence-electron chi connectivity index (χ3n) is 5.58. The van der Waals surface area contributed by atoms with Crippen LogP contribution >= 0.6 is 0 Å². The van der Waals surface area contributed by atoms with E-state index in [1.807, 2.05) is 0 Å². The van der Waals surface area contributed by atoms with Crippen molar-refractivity contribution in [2.75, 3.05) is 32.7 Å². The molecule has 0 aromatic heterocycles. The molecule has 8 nitrogen and oxygen atoms in total. The van der Waals surface area contributed by atoms with Crippen LogP contribution in [-0.2, 0) is 33.8 Å². The third kappa shape index (κ3) is 8.27. The van der Waals surface area contributed by atoms with Gasteiger partial charge in [-0.2, -0.15) is 34.8 Å². The normalized spacial score (nSPS) is 12.1. The summed E-state index contributed by atoms with van der Waals surface area (Å²) in [7, 11) is -2.21. The third-order valence-corrected chi connectivity index (χ3v) is 6.81. The quantitative estimate of drug-likeness (QED) is 0.219. The number of para-hydroxylation sites is 1. The fourth-order valence-corrected chi connectivity index (χ4v) is 4.57. The second kappa shape index (κ2) is 12.7. The first-order valence-electron chi connectivity index (χ1n) is 11.7. The number of anilines is 1. The van der Waals surface area contributed by atoms with Crippen molar-refractivity contribution in [3.8, 4) is 11.5 Å². The van der Waals surface area contributed by atoms with Crippen LogP contribution in [0.3, 0.4) is 0 Å². The van der Waals surface area contributed by atoms with E-state index in [9.17, 15) is 39.6 Å². The van der Waals surface area contributed by atoms with Crippen LogP contribution in [0.5, 0.6) is 11.5 Å². The minimum absolute atomic E-state index is 0.0117. The first kappa shape index (κ1) is 31.5. The molecule has 2 amide bonds. The van der Waals surface area contributed by atoms with Gasteiger partial charge >= 0.3 is 28.5 Å². The lowest BCUT2D eigenvalue weighted by Crippen LogP contribution is -2.37. The second-order valence-corrected chi connectivity index (χ2v) is 9.98. The number of carbonyl (C=O) groups is 1. The van der Waals surface area contributed by atoms with Crippen molar-refractivity contribution < 1.29 is 53.2 Å². The number of nitrogens with zero attached hydrogens (tertiary/aromatic N) is 1. The van der Waals surface area contributed by atoms with Gasteiger partial charge in [-0.3, -0.25) is 0 Å². The minimum Gasteiger partial charge on any atom is -0.493 e. The Labute approximate surface area is 231 Å². The Morgan fingerprint density at radius 1 is 0.878 bits per heavy atom. The van der Waals surface area contributed by atoms with Crippen molar-refractivity contribution in [2.45, 2.75) is 23.8 Å². The average Bonchev–Trinajstić information content (AvgIpc) is 2.90. The molecule has 0 bridgehead atoms. The van der Waals surface area contributed by atoms with Gasteiger partial charge in [-0.15, -0.1) is 0 Å². The Kier molecular flexibility index (Phi) is 9.76. The van der Waals surface area contributed by atoms with E-state index in [4.69, 9.17) is 13.7 Å². The summed E-state index contributed by atoms with van der Waals surface area (Å²) in [6.45, 7) is -0.299. The summed E-state index contributed by atoms with van der Waals surface area (Å²) in [4.78, 5) is 13.3. The number of rotatable bonds is 10. The molecule has 222 valence electrons. The molecule has 0 saturated carbocycles. The minimum atomic E-state index is -4.80. The van der Waals surface area contributed by atoms with Gasteiger partial charge in [0.25, 0.3) is 0 Å². The molecule has 0 aliphatic rings. The van der Waals surface area contributed by atoms with Crippen LogP contribution in [-0.4, -0.2) is 46.7 Å². The number of halogens is 6. The monoisotopic (exact) mass is 606 g/mol. The Morgan fingerprint density at radius 3 is 2.22 bits per heavy atom. The van der Waals surface area contributed by atoms with E-state index in [2.05, 4.69) is 5.32 Å². The van der Waals surface area contributed by atoms with Crippen LogP contribution in [0.2, 0.25) is 0 Å². The molecular formula is C26H24F6N2O6S. The lowest BCUT2D eigenvalue weighted by atomic mass is 10.1. The molecule has 15 heteroatoms. The number of alkyl halides is 6. The first-order valence-corrected chi connectivity index (χ1v) is 13.1. The van der Waals surface area contributed by atoms with Crippen LogP contribution in [0, 0.1) is 0 Å². The molecule has 3 aromatic rings. The van der Waals surface area contributed by atoms with Gasteiger partial charge in [-0.05, 0) is 48.0 Å². The number of ether oxygens (including phenoxy) is 2. The summed E-state index contributed by atoms with van der Waals surface area (Å²) >= 11 is 0. The summed E-state index contributed by atoms with van der Waals surface area (Å²) in [5.41, 5.74) is -2.47. The van der Waals surface area contributed by atoms with Gasteiger partial charge in [0.15, 0.2) is 11.5 Å². The summed E-state index contributed by atoms with van der Waals surface area (Å²) in [6, 6.07) is 10.4. The maximum absolute atomic E-state index is 13.4. The molecule has 0 spiro atoms. The largest absolute Gasteiger partial charge is 0.493 e. The maximum Gasteiger partial charge on any atom is 0.418 e. The maximum atomic E-state index is 13.4. The Bertz CT molecular complexity index is 1480. The Hall–Kier alpha value is -3.98. The molecule has 0 unspecified atom stereocenters. The van der Waals surface area contributed by atoms with Crippen molar-refractivity contribution in [3.05, 3.63) is 83.4 Å². The zero-order chi connectivity index (χ0) is 30.4. The van der Waals surface area contributed by atoms with E-state index in [1.165, 1.54) is 44.6 Å². The second-order valence-electron chi connectivity index (χ2n) is 8.44. The van der Waals surface area contributed by atoms with Gasteiger partial charge in [-0.1, -0.05) is 24.3 Å². The Morgan fingerprint density at radius 2 is 1.59 bits per heavy atom. The van der Waals surface area contributed by atoms with Crippen LogP contribution < -0.4 is 14.2 Å². The van der Waals surface area contributed by atoms with Crippen LogP contribution in [0.4, 0.5) is 36.8 Å². The van der Waals surface area contributed by atoms with Gasteiger partial charge in [0.1, 0.15) is 4.90 Å². The highest BCUT2D eigenvalue weighted by molar-refractivity contribution is 7.87. The van der Waals surface area contributed by atoms with E-state index in [-0.39, 0.29) is 31.0 Å². The number of hydrogen-bond donors (Lipinski definition) is 1. The van der Waals surface area contributed by atoms with Gasteiger partial charge in [0, 0.05) is 20.2 Å². The number of urea groups is 1. The number of nitrogens with one attached hydrogen (secondary N) is 1. The fourth-order valence-electron chi connectivity index (χ4n) is 3.59. The highest BCUT2D eigenvalue weighted by Gasteiger charge is 2.34. The predicted molar refractivity (Wildman–Crippen MR) is 135 cm³/mol. The van der Waals surface area contributed by atoms with Crippen molar-refractivity contribution in [1.29, 1.82) is 0 Å². The molecule has 0 heterocycles. The zero-order valence-electron chi connectivity index (χ0n) is 21.5. The van der Waals surface area contributed by atoms with Crippen LogP contribution in [0.1, 0.15) is 16.7 Å². The highest BCUT2D eigenvalue weighted by Crippen LogP contribution is 2.36. The van der Waals surface area contributed by atoms with Crippen molar-refractivity contribution in [2.24, 2.45) is 0 Å². The SMILES string of the molecule is COCCN(Cc1ccc(OC)c(OS(=O)(=O)c2cccc(C(F)(F)F)c2)c1)C(=O)Nc1ccccc1C(F)(F)F. The van der Waals surface area contributed by atoms with Gasteiger partial charge in [-0.25, -0.2) is 4.79 Å². The summed E-state index contributed by atoms with van der Waals surface area (Å²) in [5.74, 6) is -0.478. The van der Waals surface area contributed by atoms with Crippen LogP contribution in [0.25, 0.3) is 0 Å². The molecule has 0 aliphatic heterocycles. The van der Waals surface area contributed by atoms with E-state index in [0.717, 1.165) is 29.2 Å². The fraction of sp³-hybridized carbons (Fsp3) is 0.269. The Balaban J connectivity index is 1.89. The van der Waals surface area contributed by atoms with Crippen molar-refractivity contribution in [3.63, 3.8) is 0 Å². The van der Waals surface area contributed by atoms with Gasteiger partial charge in [0.05, 0.1) is 30.5 Å². The standard InChI is InChI=1S/C26H24F6N2O6S/c1-38-13-12-34(24(35)33-21-9-4-3-8-20(21)26(30,31)32)16-17-10-11-22(39-2)23(14-17)40-41(36,37)19-7-5-6-18(15-19)25(27,28)29/h3-11,14-15H,12-13,16H2,1-2H3,(H,33,35). The molecule has 3 rings (SSSR count). The topological polar surface area (TPSA) is 94.2 Å². The molecule has 0 atom stereocenters. The molecular weight excluding hydrogens is 582 g/mol. The lowest BCUT2D eigenvalue weighted by molar-refractivity contribution is -0.138. The predicted octanol–water partition coefficient (Wildman–Crippen LogP) is 6.18. The highest BCUT2D eigenvalue weighted by atomic mass is 32.2. The molecule has 0 saturated heterocycles. The molecule has 0 radical (unpaired) electrons. The molecule has 0 aliphatic carbocycles. The lowest BCUT2D eigenvalue weighted by Gasteiger charge is -2.24. The van der Waals surface area contributed by atoms with Crippen molar-refractivity contribution in [1.82, 2.24) is 4.90 Å². The average molecular weight is 607 g/mol. The number of benzene rings is 3. The summed E-state index contributed by atoms with van der Waals surface area (Å²) in [6.07, 6.45) is -9.52. The van der Waals surface area contributed by atoms with Gasteiger partial charge in [0.2, 0.25) is 0 Å².